The van der Waals surface area contributed by atoms with Crippen molar-refractivity contribution in [2.45, 2.75) is 82.3 Å². The van der Waals surface area contributed by atoms with E-state index in [2.05, 4.69) is 27.5 Å². The van der Waals surface area contributed by atoms with E-state index in [0.29, 0.717) is 0 Å². The second-order valence-electron chi connectivity index (χ2n) is 11.3. The molecule has 4 aliphatic rings. The molecule has 0 radical (unpaired) electrons. The van der Waals surface area contributed by atoms with Gasteiger partial charge in [0, 0.05) is 57.1 Å². The second kappa shape index (κ2) is 20.2. The summed E-state index contributed by atoms with van der Waals surface area (Å²) < 4.78 is 69.6. The standard InChI is InChI=1S/C22H35N2O16P3.C5H10.Fe/c1-34-41(30,31)39-43(33,36-3)40-42(32,35-2)37-13-17-18(26)19(27)22(38-17)24-12-10-16(25)15(21(24)29)9-6-11-23-20(28)14-7-4-5-8-14;1-2-4-5-3-1;/h6,9-10,12,14-15,17-19,22,26-27H,4-5,7-8,11,13H2,1-3H3,(H,23,28)(H,30,31);1-5H2;/t15?,17-,18+,19?,22-,42?,43?;;/m1../s1. The van der Waals surface area contributed by atoms with Gasteiger partial charge in [-0.3, -0.25) is 37.4 Å². The first-order valence-corrected chi connectivity index (χ1v) is 19.9. The molecule has 22 heteroatoms. The summed E-state index contributed by atoms with van der Waals surface area (Å²) in [6.07, 6.45) is 9.58. The Morgan fingerprint density at radius 2 is 1.53 bits per heavy atom. The van der Waals surface area contributed by atoms with Gasteiger partial charge in [-0.05, 0) is 18.9 Å². The van der Waals surface area contributed by atoms with Crippen LogP contribution in [0.2, 0.25) is 0 Å². The van der Waals surface area contributed by atoms with Crippen molar-refractivity contribution in [3.05, 3.63) is 24.4 Å². The van der Waals surface area contributed by atoms with Crippen molar-refractivity contribution < 1.29 is 91.7 Å². The SMILES string of the molecule is C1CCCC1.COP(=O)(O)OP(=O)(OC)OP(=O)(OC)OC[C@H]1O[C@@H](N2C=CC(=O)C(C=CCNC(=O)C3CCCC3)C2=O)C(O)[C@H]1O.[Fe]. The molecule has 3 fully saturated rings. The van der Waals surface area contributed by atoms with Crippen molar-refractivity contribution in [1.82, 2.24) is 10.2 Å². The fourth-order valence-corrected chi connectivity index (χ4v) is 9.38. The van der Waals surface area contributed by atoms with E-state index in [1.54, 1.807) is 0 Å². The largest absolute Gasteiger partial charge is 0.492 e. The normalized spacial score (nSPS) is 29.5. The Hall–Kier alpha value is -1.10. The topological polar surface area (TPSA) is 243 Å². The molecule has 0 aromatic rings. The van der Waals surface area contributed by atoms with Gasteiger partial charge in [-0.15, -0.1) is 0 Å². The molecule has 0 bridgehead atoms. The first-order valence-electron chi connectivity index (χ1n) is 15.5. The van der Waals surface area contributed by atoms with Crippen LogP contribution in [0, 0.1) is 11.8 Å². The molecule has 2 heterocycles. The van der Waals surface area contributed by atoms with Gasteiger partial charge in [0.2, 0.25) is 11.8 Å². The molecule has 49 heavy (non-hydrogen) atoms. The second-order valence-corrected chi connectivity index (χ2v) is 16.7. The van der Waals surface area contributed by atoms with Crippen molar-refractivity contribution in [1.29, 1.82) is 0 Å². The van der Waals surface area contributed by atoms with Crippen LogP contribution in [0.3, 0.4) is 0 Å². The summed E-state index contributed by atoms with van der Waals surface area (Å²) in [5, 5.41) is 23.8. The molecule has 2 amide bonds. The summed E-state index contributed by atoms with van der Waals surface area (Å²) in [6.45, 7) is -0.750. The van der Waals surface area contributed by atoms with E-state index in [1.165, 1.54) is 44.3 Å². The summed E-state index contributed by atoms with van der Waals surface area (Å²) in [4.78, 5) is 48.0. The number of amides is 2. The predicted octanol–water partition coefficient (Wildman–Crippen LogP) is 3.09. The quantitative estimate of drug-likeness (QED) is 0.0805. The summed E-state index contributed by atoms with van der Waals surface area (Å²) in [5.41, 5.74) is 0. The van der Waals surface area contributed by atoms with Gasteiger partial charge in [0.25, 0.3) is 0 Å². The fraction of sp³-hybridized carbons (Fsp3) is 0.741. The molecular formula is C27H45FeN2O16P3. The number of carbonyl (C=O) groups excluding carboxylic acids is 3. The third-order valence-electron chi connectivity index (χ3n) is 8.01. The number of phosphoric acid groups is 3. The van der Waals surface area contributed by atoms with Crippen LogP contribution in [0.1, 0.15) is 57.8 Å². The van der Waals surface area contributed by atoms with E-state index >= 15 is 0 Å². The van der Waals surface area contributed by atoms with E-state index in [4.69, 9.17) is 9.26 Å². The van der Waals surface area contributed by atoms with Gasteiger partial charge in [-0.25, -0.2) is 13.7 Å². The number of nitrogens with one attached hydrogen (secondary N) is 1. The molecule has 282 valence electrons. The zero-order chi connectivity index (χ0) is 35.5. The van der Waals surface area contributed by atoms with Crippen LogP contribution in [0.5, 0.6) is 0 Å². The average molecular weight is 802 g/mol. The molecule has 1 saturated heterocycles. The van der Waals surface area contributed by atoms with Crippen LogP contribution >= 0.6 is 23.5 Å². The number of nitrogens with zero attached hydrogens (tertiary/aromatic N) is 1. The third-order valence-corrected chi connectivity index (χ3v) is 13.1. The minimum atomic E-state index is -5.07. The predicted molar refractivity (Wildman–Crippen MR) is 167 cm³/mol. The molecular weight excluding hydrogens is 757 g/mol. The van der Waals surface area contributed by atoms with Crippen molar-refractivity contribution in [3.63, 3.8) is 0 Å². The summed E-state index contributed by atoms with van der Waals surface area (Å²) in [5.74, 6) is -2.79. The maximum Gasteiger partial charge on any atom is 0.492 e. The van der Waals surface area contributed by atoms with Crippen LogP contribution in [0.25, 0.3) is 0 Å². The molecule has 0 aromatic carbocycles. The van der Waals surface area contributed by atoms with Gasteiger partial charge < -0.3 is 25.2 Å². The molecule has 8 atom stereocenters. The average Bonchev–Trinajstić information content (AvgIpc) is 3.86. The smallest absolute Gasteiger partial charge is 0.387 e. The van der Waals surface area contributed by atoms with Gasteiger partial charge in [-0.1, -0.05) is 57.1 Å². The minimum absolute atomic E-state index is 0. The number of ether oxygens (including phenoxy) is 1. The molecule has 2 saturated carbocycles. The van der Waals surface area contributed by atoms with Crippen molar-refractivity contribution >= 4 is 41.1 Å². The first-order chi connectivity index (χ1) is 22.7. The molecule has 5 unspecified atom stereocenters. The number of allylic oxidation sites excluding steroid dienone is 1. The van der Waals surface area contributed by atoms with Crippen LogP contribution in [-0.2, 0) is 76.6 Å². The van der Waals surface area contributed by atoms with E-state index in [9.17, 15) is 43.2 Å². The fourth-order valence-electron chi connectivity index (χ4n) is 5.32. The maximum atomic E-state index is 13.1. The molecule has 0 aromatic heterocycles. The van der Waals surface area contributed by atoms with E-state index in [-0.39, 0.29) is 35.4 Å². The Balaban J connectivity index is 0.00000127. The third kappa shape index (κ3) is 12.8. The summed E-state index contributed by atoms with van der Waals surface area (Å²) in [7, 11) is -12.6. The number of carbonyl (C=O) groups is 3. The molecule has 2 aliphatic heterocycles. The Kier molecular flexibility index (Phi) is 18.2. The van der Waals surface area contributed by atoms with Gasteiger partial charge >= 0.3 is 23.5 Å². The number of rotatable bonds is 15. The van der Waals surface area contributed by atoms with Gasteiger partial charge in [0.1, 0.15) is 24.2 Å². The van der Waals surface area contributed by atoms with Crippen LogP contribution in [0.4, 0.5) is 0 Å². The number of ketones is 1. The number of aliphatic hydroxyl groups excluding tert-OH is 2. The number of hydrogen-bond donors (Lipinski definition) is 4. The number of phosphoric ester groups is 2. The number of aliphatic hydroxyl groups is 2. The molecule has 2 aliphatic carbocycles. The van der Waals surface area contributed by atoms with E-state index < -0.39 is 72.2 Å². The zero-order valence-corrected chi connectivity index (χ0v) is 31.1. The molecule has 4 N–H and O–H groups in total. The van der Waals surface area contributed by atoms with Crippen molar-refractivity contribution in [2.24, 2.45) is 11.8 Å². The first kappa shape index (κ1) is 44.1. The summed E-state index contributed by atoms with van der Waals surface area (Å²) in [6, 6.07) is 0. The van der Waals surface area contributed by atoms with Crippen LogP contribution < -0.4 is 5.32 Å². The molecule has 4 rings (SSSR count). The molecule has 0 spiro atoms. The van der Waals surface area contributed by atoms with Crippen molar-refractivity contribution in [2.75, 3.05) is 34.5 Å². The monoisotopic (exact) mass is 802 g/mol. The number of hydrogen-bond acceptors (Lipinski definition) is 15. The van der Waals surface area contributed by atoms with Crippen LogP contribution in [-0.4, -0.2) is 96.6 Å². The van der Waals surface area contributed by atoms with Crippen LogP contribution in [0.15, 0.2) is 24.4 Å². The molecule has 18 nitrogen and oxygen atoms in total. The van der Waals surface area contributed by atoms with Gasteiger partial charge in [0.05, 0.1) is 6.61 Å². The zero-order valence-electron chi connectivity index (χ0n) is 27.3. The maximum absolute atomic E-state index is 13.1. The van der Waals surface area contributed by atoms with Gasteiger partial charge in [-0.2, -0.15) is 8.62 Å². The summed E-state index contributed by atoms with van der Waals surface area (Å²) >= 11 is 0. The Morgan fingerprint density at radius 1 is 0.939 bits per heavy atom. The van der Waals surface area contributed by atoms with Gasteiger partial charge in [0.15, 0.2) is 12.0 Å². The van der Waals surface area contributed by atoms with E-state index in [1.807, 2.05) is 0 Å². The Bertz CT molecular complexity index is 1320. The Labute approximate surface area is 295 Å². The van der Waals surface area contributed by atoms with Crippen molar-refractivity contribution in [3.8, 4) is 0 Å². The Morgan fingerprint density at radius 3 is 2.08 bits per heavy atom. The minimum Gasteiger partial charge on any atom is -0.387 e. The van der Waals surface area contributed by atoms with E-state index in [0.717, 1.165) is 64.2 Å².